The highest BCUT2D eigenvalue weighted by Crippen LogP contribution is 2.30. The maximum atomic E-state index is 11.8. The van der Waals surface area contributed by atoms with Crippen molar-refractivity contribution in [3.8, 4) is 11.5 Å². The quantitative estimate of drug-likeness (QED) is 0.135. The standard InChI is InChI=1S/C39H36N2O4/c42-39(43)28-25-29(44-23-11-9-21-40-35-17-5-1-13-31(35)32-14-2-6-18-36(32)40)27-30(26-28)45-24-12-10-22-41-37-19-7-3-15-33(37)34-16-4-8-20-38(34)41/h1-8,13-20,25-27H,9-12,21-24H2,(H,42,43). The fourth-order valence-corrected chi connectivity index (χ4v) is 6.47. The van der Waals surface area contributed by atoms with E-state index in [4.69, 9.17) is 9.47 Å². The van der Waals surface area contributed by atoms with Crippen LogP contribution in [0.15, 0.2) is 115 Å². The molecule has 0 aliphatic carbocycles. The van der Waals surface area contributed by atoms with Gasteiger partial charge >= 0.3 is 5.97 Å². The molecule has 0 spiro atoms. The summed E-state index contributed by atoms with van der Waals surface area (Å²) in [6.45, 7) is 2.77. The van der Waals surface area contributed by atoms with E-state index in [0.717, 1.165) is 38.8 Å². The molecule has 0 unspecified atom stereocenters. The Hall–Kier alpha value is -5.23. The smallest absolute Gasteiger partial charge is 0.335 e. The molecule has 6 heteroatoms. The Morgan fingerprint density at radius 3 is 1.22 bits per heavy atom. The molecule has 0 saturated heterocycles. The fraction of sp³-hybridized carbons (Fsp3) is 0.205. The van der Waals surface area contributed by atoms with E-state index in [1.807, 2.05) is 0 Å². The first-order chi connectivity index (χ1) is 22.2. The molecule has 0 aliphatic heterocycles. The number of hydrogen-bond donors (Lipinski definition) is 1. The number of carboxylic acid groups (broad SMARTS) is 1. The lowest BCUT2D eigenvalue weighted by molar-refractivity contribution is 0.0695. The average Bonchev–Trinajstić information content (AvgIpc) is 3.57. The van der Waals surface area contributed by atoms with Crippen molar-refractivity contribution < 1.29 is 19.4 Å². The minimum absolute atomic E-state index is 0.165. The minimum atomic E-state index is -0.997. The van der Waals surface area contributed by atoms with Gasteiger partial charge in [0.1, 0.15) is 11.5 Å². The molecule has 0 bridgehead atoms. The van der Waals surface area contributed by atoms with Crippen LogP contribution in [0.25, 0.3) is 43.6 Å². The summed E-state index contributed by atoms with van der Waals surface area (Å²) in [5, 5.41) is 14.8. The average molecular weight is 597 g/mol. The topological polar surface area (TPSA) is 65.6 Å². The molecule has 0 atom stereocenters. The van der Waals surface area contributed by atoms with Gasteiger partial charge in [-0.15, -0.1) is 0 Å². The summed E-state index contributed by atoms with van der Waals surface area (Å²) in [5.74, 6) is 0.0436. The predicted molar refractivity (Wildman–Crippen MR) is 182 cm³/mol. The molecule has 0 amide bonds. The second-order valence-electron chi connectivity index (χ2n) is 11.5. The number of carbonyl (C=O) groups is 1. The Morgan fingerprint density at radius 2 is 0.867 bits per heavy atom. The summed E-state index contributed by atoms with van der Waals surface area (Å²) in [6.07, 6.45) is 3.57. The SMILES string of the molecule is O=C(O)c1cc(OCCCCn2c3ccccc3c3ccccc32)cc(OCCCCn2c3ccccc3c3ccccc32)c1. The van der Waals surface area contributed by atoms with E-state index in [1.54, 1.807) is 18.2 Å². The number of rotatable bonds is 13. The summed E-state index contributed by atoms with van der Waals surface area (Å²) in [4.78, 5) is 11.8. The van der Waals surface area contributed by atoms with Crippen LogP contribution in [0.3, 0.4) is 0 Å². The first-order valence-corrected chi connectivity index (χ1v) is 15.7. The van der Waals surface area contributed by atoms with Gasteiger partial charge in [0.2, 0.25) is 0 Å². The van der Waals surface area contributed by atoms with E-state index in [1.165, 1.54) is 43.6 Å². The van der Waals surface area contributed by atoms with Crippen LogP contribution in [-0.2, 0) is 13.1 Å². The zero-order valence-corrected chi connectivity index (χ0v) is 25.2. The van der Waals surface area contributed by atoms with Gasteiger partial charge in [0.05, 0.1) is 18.8 Å². The minimum Gasteiger partial charge on any atom is -0.493 e. The molecule has 5 aromatic carbocycles. The predicted octanol–water partition coefficient (Wildman–Crippen LogP) is 9.32. The lowest BCUT2D eigenvalue weighted by Gasteiger charge is -2.12. The Balaban J connectivity index is 0.937. The molecule has 1 N–H and O–H groups in total. The Morgan fingerprint density at radius 1 is 0.511 bits per heavy atom. The number of aromatic carboxylic acids is 1. The molecule has 2 heterocycles. The summed E-state index contributed by atoms with van der Waals surface area (Å²) in [5.41, 5.74) is 5.13. The highest BCUT2D eigenvalue weighted by Gasteiger charge is 2.12. The van der Waals surface area contributed by atoms with Crippen molar-refractivity contribution in [2.24, 2.45) is 0 Å². The van der Waals surface area contributed by atoms with Crippen LogP contribution in [0.5, 0.6) is 11.5 Å². The van der Waals surface area contributed by atoms with Crippen LogP contribution in [0.2, 0.25) is 0 Å². The molecule has 0 radical (unpaired) electrons. The number of aryl methyl sites for hydroxylation is 2. The first kappa shape index (κ1) is 28.5. The lowest BCUT2D eigenvalue weighted by atomic mass is 10.2. The lowest BCUT2D eigenvalue weighted by Crippen LogP contribution is -2.05. The van der Waals surface area contributed by atoms with E-state index >= 15 is 0 Å². The zero-order chi connectivity index (χ0) is 30.6. The number of nitrogens with zero attached hydrogens (tertiary/aromatic N) is 2. The van der Waals surface area contributed by atoms with Gasteiger partial charge < -0.3 is 23.7 Å². The van der Waals surface area contributed by atoms with E-state index in [0.29, 0.717) is 24.7 Å². The molecule has 0 saturated carbocycles. The van der Waals surface area contributed by atoms with Crippen molar-refractivity contribution in [3.63, 3.8) is 0 Å². The summed E-state index contributed by atoms with van der Waals surface area (Å²) < 4.78 is 16.8. The van der Waals surface area contributed by atoms with Crippen LogP contribution in [0.1, 0.15) is 36.0 Å². The molecule has 6 nitrogen and oxygen atoms in total. The first-order valence-electron chi connectivity index (χ1n) is 15.7. The van der Waals surface area contributed by atoms with Crippen LogP contribution in [0.4, 0.5) is 0 Å². The normalized spacial score (nSPS) is 11.6. The van der Waals surface area contributed by atoms with Crippen molar-refractivity contribution in [3.05, 3.63) is 121 Å². The van der Waals surface area contributed by atoms with Crippen molar-refractivity contribution in [2.45, 2.75) is 38.8 Å². The molecule has 45 heavy (non-hydrogen) atoms. The van der Waals surface area contributed by atoms with Crippen molar-refractivity contribution in [2.75, 3.05) is 13.2 Å². The zero-order valence-electron chi connectivity index (χ0n) is 25.2. The Labute approximate surface area is 262 Å². The number of unbranched alkanes of at least 4 members (excludes halogenated alkanes) is 2. The monoisotopic (exact) mass is 596 g/mol. The second-order valence-corrected chi connectivity index (χ2v) is 11.5. The number of aromatic nitrogens is 2. The number of hydrogen-bond acceptors (Lipinski definition) is 3. The third kappa shape index (κ3) is 5.84. The molecule has 0 fully saturated rings. The number of para-hydroxylation sites is 4. The van der Waals surface area contributed by atoms with Crippen LogP contribution in [0, 0.1) is 0 Å². The van der Waals surface area contributed by atoms with Gasteiger partial charge in [0.25, 0.3) is 0 Å². The van der Waals surface area contributed by atoms with E-state index < -0.39 is 5.97 Å². The third-order valence-corrected chi connectivity index (χ3v) is 8.58. The number of carboxylic acids is 1. The number of benzene rings is 5. The van der Waals surface area contributed by atoms with Gasteiger partial charge in [0, 0.05) is 62.8 Å². The molecule has 7 aromatic rings. The summed E-state index contributed by atoms with van der Waals surface area (Å²) in [6, 6.07) is 39.0. The maximum absolute atomic E-state index is 11.8. The van der Waals surface area contributed by atoms with E-state index in [-0.39, 0.29) is 5.56 Å². The van der Waals surface area contributed by atoms with Crippen molar-refractivity contribution >= 4 is 49.6 Å². The molecular formula is C39H36N2O4. The van der Waals surface area contributed by atoms with Gasteiger partial charge in [0.15, 0.2) is 0 Å². The van der Waals surface area contributed by atoms with Gasteiger partial charge in [-0.3, -0.25) is 0 Å². The van der Waals surface area contributed by atoms with Crippen molar-refractivity contribution in [1.29, 1.82) is 0 Å². The number of ether oxygens (including phenoxy) is 2. The molecular weight excluding hydrogens is 560 g/mol. The summed E-state index contributed by atoms with van der Waals surface area (Å²) >= 11 is 0. The van der Waals surface area contributed by atoms with Crippen LogP contribution >= 0.6 is 0 Å². The van der Waals surface area contributed by atoms with Gasteiger partial charge in [-0.2, -0.15) is 0 Å². The highest BCUT2D eigenvalue weighted by atomic mass is 16.5. The Bertz CT molecular complexity index is 1870. The molecule has 7 rings (SSSR count). The van der Waals surface area contributed by atoms with E-state index in [9.17, 15) is 9.90 Å². The highest BCUT2D eigenvalue weighted by molar-refractivity contribution is 6.08. The van der Waals surface area contributed by atoms with E-state index in [2.05, 4.69) is 106 Å². The van der Waals surface area contributed by atoms with Gasteiger partial charge in [-0.1, -0.05) is 72.8 Å². The third-order valence-electron chi connectivity index (χ3n) is 8.58. The van der Waals surface area contributed by atoms with Crippen molar-refractivity contribution in [1.82, 2.24) is 9.13 Å². The largest absolute Gasteiger partial charge is 0.493 e. The van der Waals surface area contributed by atoms with Gasteiger partial charge in [-0.25, -0.2) is 4.79 Å². The molecule has 226 valence electrons. The Kier molecular flexibility index (Phi) is 8.11. The number of fused-ring (bicyclic) bond motifs is 6. The fourth-order valence-electron chi connectivity index (χ4n) is 6.47. The maximum Gasteiger partial charge on any atom is 0.335 e. The van der Waals surface area contributed by atoms with Crippen LogP contribution < -0.4 is 9.47 Å². The second kappa shape index (κ2) is 12.8. The summed E-state index contributed by atoms with van der Waals surface area (Å²) in [7, 11) is 0. The molecule has 0 aliphatic rings. The van der Waals surface area contributed by atoms with Gasteiger partial charge in [-0.05, 0) is 62.1 Å². The molecule has 2 aromatic heterocycles. The van der Waals surface area contributed by atoms with Crippen LogP contribution in [-0.4, -0.2) is 33.4 Å².